The largest absolute Gasteiger partial charge is 0.490 e. The molecule has 206 valence electrons. The van der Waals surface area contributed by atoms with Crippen LogP contribution in [0.4, 0.5) is 23.7 Å². The van der Waals surface area contributed by atoms with Gasteiger partial charge in [0, 0.05) is 36.1 Å². The predicted molar refractivity (Wildman–Crippen MR) is 139 cm³/mol. The summed E-state index contributed by atoms with van der Waals surface area (Å²) in [6.45, 7) is -0.0507. The van der Waals surface area contributed by atoms with E-state index in [1.165, 1.54) is 24.1 Å². The number of carbonyl (C=O) groups is 2. The molecule has 10 nitrogen and oxygen atoms in total. The molecule has 0 fully saturated rings. The number of benzene rings is 2. The highest BCUT2D eigenvalue weighted by Crippen LogP contribution is 2.32. The maximum atomic E-state index is 13.3. The fraction of sp³-hybridized carbons (Fsp3) is 0.200. The highest BCUT2D eigenvalue weighted by molar-refractivity contribution is 7.89. The third-order valence-corrected chi connectivity index (χ3v) is 5.81. The van der Waals surface area contributed by atoms with Crippen molar-refractivity contribution in [3.63, 3.8) is 0 Å². The Morgan fingerprint density at radius 1 is 1.13 bits per heavy atom. The summed E-state index contributed by atoms with van der Waals surface area (Å²) in [4.78, 5) is 29.6. The number of alkyl halides is 3. The summed E-state index contributed by atoms with van der Waals surface area (Å²) in [6, 6.07) is 12.7. The van der Waals surface area contributed by atoms with E-state index < -0.39 is 33.8 Å². The number of anilines is 1. The number of carbonyl (C=O) groups excluding carboxylic acids is 2. The zero-order valence-electron chi connectivity index (χ0n) is 20.7. The summed E-state index contributed by atoms with van der Waals surface area (Å²) in [5.41, 5.74) is 0.139. The maximum absolute atomic E-state index is 13.3. The van der Waals surface area contributed by atoms with Crippen LogP contribution in [0.3, 0.4) is 0 Å². The van der Waals surface area contributed by atoms with Gasteiger partial charge in [-0.3, -0.25) is 9.78 Å². The van der Waals surface area contributed by atoms with Gasteiger partial charge in [0.1, 0.15) is 18.1 Å². The summed E-state index contributed by atoms with van der Waals surface area (Å²) in [5, 5.41) is 9.88. The first-order chi connectivity index (χ1) is 18.3. The van der Waals surface area contributed by atoms with Gasteiger partial charge in [-0.25, -0.2) is 17.9 Å². The summed E-state index contributed by atoms with van der Waals surface area (Å²) in [5.74, 6) is -0.136. The van der Waals surface area contributed by atoms with E-state index in [0.717, 1.165) is 24.7 Å². The molecule has 0 radical (unpaired) electrons. The number of pyridine rings is 1. The number of para-hydroxylation sites is 2. The van der Waals surface area contributed by atoms with E-state index in [0.29, 0.717) is 17.0 Å². The Balaban J connectivity index is 1.77. The van der Waals surface area contributed by atoms with Crippen LogP contribution < -0.4 is 19.7 Å². The van der Waals surface area contributed by atoms with Crippen molar-refractivity contribution < 1.29 is 35.9 Å². The van der Waals surface area contributed by atoms with Crippen LogP contribution in [0.2, 0.25) is 0 Å². The molecule has 0 aliphatic carbocycles. The van der Waals surface area contributed by atoms with Gasteiger partial charge in [-0.05, 0) is 35.9 Å². The van der Waals surface area contributed by atoms with Gasteiger partial charge in [0.05, 0.1) is 18.5 Å². The highest BCUT2D eigenvalue weighted by Gasteiger charge is 2.33. The SMILES string of the molecule is CN(C(=O)c1cccc(-c2cnc(C(F)(F)F)cc2C=N)c1)c1ccccc1OCCNC(=O)NS(C)(=O)=O. The molecule has 39 heavy (non-hydrogen) atoms. The molecule has 0 aliphatic rings. The second-order valence-corrected chi connectivity index (χ2v) is 9.94. The second-order valence-electron chi connectivity index (χ2n) is 8.19. The molecule has 0 unspecified atom stereocenters. The lowest BCUT2D eigenvalue weighted by molar-refractivity contribution is -0.141. The number of sulfonamides is 1. The van der Waals surface area contributed by atoms with Crippen molar-refractivity contribution in [1.29, 1.82) is 5.41 Å². The van der Waals surface area contributed by atoms with Crippen LogP contribution in [0, 0.1) is 5.41 Å². The number of hydrogen-bond donors (Lipinski definition) is 3. The molecule has 0 saturated heterocycles. The Hall–Kier alpha value is -4.46. The van der Waals surface area contributed by atoms with Crippen LogP contribution in [0.5, 0.6) is 5.75 Å². The number of aromatic nitrogens is 1. The molecule has 0 spiro atoms. The fourth-order valence-electron chi connectivity index (χ4n) is 3.50. The van der Waals surface area contributed by atoms with Gasteiger partial charge in [-0.1, -0.05) is 24.3 Å². The van der Waals surface area contributed by atoms with Crippen molar-refractivity contribution in [3.05, 3.63) is 77.6 Å². The number of hydrogen-bond acceptors (Lipinski definition) is 7. The third kappa shape index (κ3) is 7.77. The number of amides is 3. The van der Waals surface area contributed by atoms with Crippen molar-refractivity contribution in [3.8, 4) is 16.9 Å². The van der Waals surface area contributed by atoms with Crippen LogP contribution in [0.25, 0.3) is 11.1 Å². The number of nitrogens with zero attached hydrogens (tertiary/aromatic N) is 2. The van der Waals surface area contributed by atoms with Crippen LogP contribution in [-0.2, 0) is 16.2 Å². The molecular formula is C25H24F3N5O5S. The molecule has 0 bridgehead atoms. The predicted octanol–water partition coefficient (Wildman–Crippen LogP) is 3.68. The van der Waals surface area contributed by atoms with Crippen LogP contribution in [0.1, 0.15) is 21.6 Å². The van der Waals surface area contributed by atoms with Crippen LogP contribution in [-0.4, -0.2) is 58.0 Å². The molecule has 0 aliphatic heterocycles. The van der Waals surface area contributed by atoms with Gasteiger partial charge in [0.25, 0.3) is 5.91 Å². The van der Waals surface area contributed by atoms with Gasteiger partial charge in [-0.2, -0.15) is 13.2 Å². The Bertz CT molecular complexity index is 1500. The number of nitrogens with one attached hydrogen (secondary N) is 3. The summed E-state index contributed by atoms with van der Waals surface area (Å²) < 4.78 is 68.7. The zero-order valence-corrected chi connectivity index (χ0v) is 21.6. The van der Waals surface area contributed by atoms with Crippen LogP contribution >= 0.6 is 0 Å². The molecular weight excluding hydrogens is 539 g/mol. The van der Waals surface area contributed by atoms with E-state index in [4.69, 9.17) is 10.1 Å². The monoisotopic (exact) mass is 563 g/mol. The van der Waals surface area contributed by atoms with Gasteiger partial charge in [0.15, 0.2) is 0 Å². The lowest BCUT2D eigenvalue weighted by Crippen LogP contribution is -2.40. The summed E-state index contributed by atoms with van der Waals surface area (Å²) in [7, 11) is -2.19. The topological polar surface area (TPSA) is 142 Å². The molecule has 1 aromatic heterocycles. The van der Waals surface area contributed by atoms with Crippen molar-refractivity contribution >= 4 is 33.9 Å². The molecule has 1 heterocycles. The molecule has 3 aromatic rings. The van der Waals surface area contributed by atoms with E-state index in [1.54, 1.807) is 41.1 Å². The molecule has 14 heteroatoms. The second kappa shape index (κ2) is 11.9. The van der Waals surface area contributed by atoms with Crippen LogP contribution in [0.15, 0.2) is 60.8 Å². The fourth-order valence-corrected chi connectivity index (χ4v) is 3.90. The molecule has 2 aromatic carbocycles. The lowest BCUT2D eigenvalue weighted by Gasteiger charge is -2.21. The zero-order chi connectivity index (χ0) is 28.8. The van der Waals surface area contributed by atoms with Gasteiger partial charge < -0.3 is 20.4 Å². The molecule has 3 rings (SSSR count). The normalized spacial score (nSPS) is 11.4. The molecule has 0 atom stereocenters. The molecule has 0 saturated carbocycles. The van der Waals surface area contributed by atoms with E-state index in [9.17, 15) is 31.2 Å². The van der Waals surface area contributed by atoms with Crippen molar-refractivity contribution in [2.45, 2.75) is 6.18 Å². The van der Waals surface area contributed by atoms with Crippen molar-refractivity contribution in [2.24, 2.45) is 0 Å². The Kier molecular flexibility index (Phi) is 8.91. The number of halogens is 3. The highest BCUT2D eigenvalue weighted by atomic mass is 32.2. The number of rotatable bonds is 9. The summed E-state index contributed by atoms with van der Waals surface area (Å²) >= 11 is 0. The quantitative estimate of drug-likeness (QED) is 0.268. The number of urea groups is 1. The molecule has 3 amide bonds. The minimum absolute atomic E-state index is 0.00662. The van der Waals surface area contributed by atoms with Crippen molar-refractivity contribution in [2.75, 3.05) is 31.4 Å². The average Bonchev–Trinajstić information content (AvgIpc) is 2.88. The first-order valence-corrected chi connectivity index (χ1v) is 13.1. The maximum Gasteiger partial charge on any atom is 0.433 e. The molecule has 3 N–H and O–H groups in total. The lowest BCUT2D eigenvalue weighted by atomic mass is 9.99. The standard InChI is InChI=1S/C25H24F3N5O5S/c1-33(20-8-3-4-9-21(20)38-11-10-30-24(35)32-39(2,36)37)23(34)17-7-5-6-16(12-17)19-15-31-22(25(26,27)28)13-18(19)14-29/h3-9,12-15,29H,10-11H2,1-2H3,(H2,30,32,35). The van der Waals surface area contributed by atoms with Gasteiger partial charge >= 0.3 is 12.2 Å². The first kappa shape index (κ1) is 29.1. The van der Waals surface area contributed by atoms with E-state index in [1.807, 2.05) is 0 Å². The Morgan fingerprint density at radius 2 is 1.85 bits per heavy atom. The average molecular weight is 564 g/mol. The Morgan fingerprint density at radius 3 is 2.51 bits per heavy atom. The van der Waals surface area contributed by atoms with E-state index in [-0.39, 0.29) is 29.8 Å². The van der Waals surface area contributed by atoms with Gasteiger partial charge in [-0.15, -0.1) is 0 Å². The van der Waals surface area contributed by atoms with E-state index in [2.05, 4.69) is 10.3 Å². The minimum Gasteiger partial charge on any atom is -0.490 e. The van der Waals surface area contributed by atoms with E-state index >= 15 is 0 Å². The van der Waals surface area contributed by atoms with Gasteiger partial charge in [0.2, 0.25) is 10.0 Å². The van der Waals surface area contributed by atoms with Crippen molar-refractivity contribution in [1.82, 2.24) is 15.0 Å². The smallest absolute Gasteiger partial charge is 0.433 e. The Labute approximate surface area is 222 Å². The summed E-state index contributed by atoms with van der Waals surface area (Å²) in [6.07, 6.45) is -2.01. The first-order valence-electron chi connectivity index (χ1n) is 11.2. The third-order valence-electron chi connectivity index (χ3n) is 5.26. The minimum atomic E-state index is -4.66. The number of ether oxygens (including phenoxy) is 1.